The molecule has 4 aromatic rings. The van der Waals surface area contributed by atoms with Gasteiger partial charge in [0.15, 0.2) is 0 Å². The first kappa shape index (κ1) is 21.4. The summed E-state index contributed by atoms with van der Waals surface area (Å²) in [6, 6.07) is 3.84. The zero-order chi connectivity index (χ0) is 22.6. The molecule has 3 aromatic heterocycles. The first-order valence-electron chi connectivity index (χ1n) is 8.39. The van der Waals surface area contributed by atoms with Crippen LogP contribution in [0.5, 0.6) is 0 Å². The van der Waals surface area contributed by atoms with E-state index in [4.69, 9.17) is 23.2 Å². The predicted octanol–water partition coefficient (Wildman–Crippen LogP) is 7.03. The van der Waals surface area contributed by atoms with Gasteiger partial charge in [-0.2, -0.15) is 26.3 Å². The summed E-state index contributed by atoms with van der Waals surface area (Å²) < 4.78 is 79.7. The van der Waals surface area contributed by atoms with Gasteiger partial charge in [0.1, 0.15) is 11.3 Å². The highest BCUT2D eigenvalue weighted by Crippen LogP contribution is 2.42. The second kappa shape index (κ2) is 7.38. The number of imidazole rings is 1. The smallest absolute Gasteiger partial charge is 0.338 e. The number of nitrogens with zero attached hydrogens (tertiary/aromatic N) is 3. The molecular formula is C19H8Cl2F6N4. The van der Waals surface area contributed by atoms with Crippen LogP contribution in [0.3, 0.4) is 0 Å². The Morgan fingerprint density at radius 1 is 0.935 bits per heavy atom. The lowest BCUT2D eigenvalue weighted by atomic mass is 10.1. The summed E-state index contributed by atoms with van der Waals surface area (Å²) in [5.74, 6) is -0.234. The van der Waals surface area contributed by atoms with Crippen molar-refractivity contribution in [1.82, 2.24) is 19.9 Å². The Hall–Kier alpha value is -2.85. The van der Waals surface area contributed by atoms with Crippen LogP contribution in [-0.2, 0) is 12.4 Å². The first-order chi connectivity index (χ1) is 14.5. The highest BCUT2D eigenvalue weighted by molar-refractivity contribution is 6.40. The molecule has 160 valence electrons. The van der Waals surface area contributed by atoms with Crippen molar-refractivity contribution in [2.24, 2.45) is 0 Å². The van der Waals surface area contributed by atoms with E-state index < -0.39 is 34.5 Å². The lowest BCUT2D eigenvalue weighted by molar-refractivity contribution is -0.142. The molecule has 0 atom stereocenters. The minimum Gasteiger partial charge on any atom is -0.338 e. The maximum absolute atomic E-state index is 13.5. The number of alkyl halides is 6. The van der Waals surface area contributed by atoms with E-state index in [0.717, 1.165) is 0 Å². The molecule has 1 aromatic carbocycles. The van der Waals surface area contributed by atoms with E-state index in [9.17, 15) is 26.3 Å². The third kappa shape index (κ3) is 3.92. The molecule has 0 fully saturated rings. The van der Waals surface area contributed by atoms with Gasteiger partial charge in [-0.05, 0) is 24.3 Å². The van der Waals surface area contributed by atoms with Crippen LogP contribution in [0.4, 0.5) is 26.3 Å². The summed E-state index contributed by atoms with van der Waals surface area (Å²) in [5.41, 5.74) is -3.45. The number of aromatic nitrogens is 4. The average molecular weight is 477 g/mol. The van der Waals surface area contributed by atoms with Gasteiger partial charge in [0.05, 0.1) is 37.9 Å². The van der Waals surface area contributed by atoms with Crippen molar-refractivity contribution in [3.8, 4) is 22.6 Å². The topological polar surface area (TPSA) is 54.5 Å². The zero-order valence-corrected chi connectivity index (χ0v) is 16.4. The molecule has 4 nitrogen and oxygen atoms in total. The van der Waals surface area contributed by atoms with Crippen LogP contribution < -0.4 is 0 Å². The maximum atomic E-state index is 13.5. The van der Waals surface area contributed by atoms with E-state index in [-0.39, 0.29) is 33.2 Å². The first-order valence-corrected chi connectivity index (χ1v) is 9.15. The van der Waals surface area contributed by atoms with Crippen molar-refractivity contribution in [3.05, 3.63) is 64.0 Å². The molecule has 0 aliphatic carbocycles. The summed E-state index contributed by atoms with van der Waals surface area (Å²) >= 11 is 12.6. The molecule has 12 heteroatoms. The van der Waals surface area contributed by atoms with Crippen LogP contribution in [0.25, 0.3) is 33.7 Å². The van der Waals surface area contributed by atoms with E-state index in [1.54, 1.807) is 12.1 Å². The summed E-state index contributed by atoms with van der Waals surface area (Å²) in [6.45, 7) is 0. The van der Waals surface area contributed by atoms with Gasteiger partial charge in [0.25, 0.3) is 0 Å². The highest BCUT2D eigenvalue weighted by Gasteiger charge is 2.39. The molecule has 0 aliphatic heterocycles. The van der Waals surface area contributed by atoms with Gasteiger partial charge in [-0.25, -0.2) is 4.98 Å². The van der Waals surface area contributed by atoms with E-state index in [2.05, 4.69) is 19.9 Å². The quantitative estimate of drug-likeness (QED) is 0.316. The van der Waals surface area contributed by atoms with Crippen LogP contribution in [0, 0.1) is 0 Å². The number of fused-ring (bicyclic) bond motifs is 1. The van der Waals surface area contributed by atoms with Crippen LogP contribution in [0.1, 0.15) is 11.1 Å². The molecule has 0 saturated carbocycles. The van der Waals surface area contributed by atoms with Crippen LogP contribution in [0.15, 0.2) is 42.9 Å². The number of pyridine rings is 2. The van der Waals surface area contributed by atoms with E-state index in [1.807, 2.05) is 0 Å². The summed E-state index contributed by atoms with van der Waals surface area (Å²) in [5, 5.41) is -0.106. The number of hydrogen-bond acceptors (Lipinski definition) is 3. The van der Waals surface area contributed by atoms with E-state index in [0.29, 0.717) is 11.6 Å². The predicted molar refractivity (Wildman–Crippen MR) is 103 cm³/mol. The van der Waals surface area contributed by atoms with Gasteiger partial charge < -0.3 is 4.98 Å². The third-order valence-corrected chi connectivity index (χ3v) is 5.02. The van der Waals surface area contributed by atoms with Crippen molar-refractivity contribution >= 4 is 34.2 Å². The van der Waals surface area contributed by atoms with Crippen molar-refractivity contribution in [1.29, 1.82) is 0 Å². The number of aromatic amines is 1. The minimum absolute atomic E-state index is 0.00457. The minimum atomic E-state index is -5.07. The largest absolute Gasteiger partial charge is 0.418 e. The molecule has 0 aliphatic rings. The molecule has 0 saturated heterocycles. The molecular weight excluding hydrogens is 469 g/mol. The van der Waals surface area contributed by atoms with Gasteiger partial charge in [0, 0.05) is 24.2 Å². The fourth-order valence-electron chi connectivity index (χ4n) is 3.00. The second-order valence-electron chi connectivity index (χ2n) is 6.39. The van der Waals surface area contributed by atoms with Crippen molar-refractivity contribution in [2.75, 3.05) is 0 Å². The van der Waals surface area contributed by atoms with Crippen LogP contribution >= 0.6 is 23.2 Å². The Bertz CT molecular complexity index is 1280. The second-order valence-corrected chi connectivity index (χ2v) is 7.17. The normalized spacial score (nSPS) is 12.5. The number of nitrogens with one attached hydrogen (secondary N) is 1. The molecule has 31 heavy (non-hydrogen) atoms. The standard InChI is InChI=1S/C19H8Cl2F6N4/c20-11-7-29-15(8-2-1-3-28-6-8)14(21)13(11)17-30-12-5-9(18(22,23)24)4-10(16(12)31-17)19(25,26)27/h1-7H,(H,30,31). The molecule has 4 rings (SSSR count). The molecule has 0 radical (unpaired) electrons. The van der Waals surface area contributed by atoms with Crippen molar-refractivity contribution < 1.29 is 26.3 Å². The third-order valence-electron chi connectivity index (χ3n) is 4.36. The number of H-pyrrole nitrogens is 1. The van der Waals surface area contributed by atoms with Crippen molar-refractivity contribution in [2.45, 2.75) is 12.4 Å². The van der Waals surface area contributed by atoms with Crippen LogP contribution in [0.2, 0.25) is 10.0 Å². The molecule has 3 heterocycles. The number of halogens is 8. The van der Waals surface area contributed by atoms with Gasteiger partial charge in [0.2, 0.25) is 0 Å². The Balaban J connectivity index is 1.98. The molecule has 0 spiro atoms. The SMILES string of the molecule is FC(F)(F)c1cc(C(F)(F)F)c2nc(-c3c(Cl)cnc(-c4cccnc4)c3Cl)[nH]c2c1. The van der Waals surface area contributed by atoms with E-state index in [1.165, 1.54) is 18.6 Å². The summed E-state index contributed by atoms with van der Waals surface area (Å²) in [4.78, 5) is 14.4. The Morgan fingerprint density at radius 2 is 1.68 bits per heavy atom. The van der Waals surface area contributed by atoms with Gasteiger partial charge in [-0.15, -0.1) is 0 Å². The van der Waals surface area contributed by atoms with Gasteiger partial charge in [-0.3, -0.25) is 9.97 Å². The number of rotatable bonds is 2. The molecule has 1 N–H and O–H groups in total. The maximum Gasteiger partial charge on any atom is 0.418 e. The summed E-state index contributed by atoms with van der Waals surface area (Å²) in [6.07, 6.45) is -5.87. The lowest BCUT2D eigenvalue weighted by Gasteiger charge is -2.11. The average Bonchev–Trinajstić information content (AvgIpc) is 3.10. The van der Waals surface area contributed by atoms with Crippen LogP contribution in [-0.4, -0.2) is 19.9 Å². The monoisotopic (exact) mass is 476 g/mol. The number of hydrogen-bond donors (Lipinski definition) is 1. The zero-order valence-electron chi connectivity index (χ0n) is 14.9. The fraction of sp³-hybridized carbons (Fsp3) is 0.105. The fourth-order valence-corrected chi connectivity index (χ4v) is 3.63. The lowest BCUT2D eigenvalue weighted by Crippen LogP contribution is -2.11. The highest BCUT2D eigenvalue weighted by atomic mass is 35.5. The van der Waals surface area contributed by atoms with Crippen molar-refractivity contribution in [3.63, 3.8) is 0 Å². The Morgan fingerprint density at radius 3 is 2.29 bits per heavy atom. The molecule has 0 bridgehead atoms. The number of benzene rings is 1. The Kier molecular flexibility index (Phi) is 5.09. The summed E-state index contributed by atoms with van der Waals surface area (Å²) in [7, 11) is 0. The molecule has 0 amide bonds. The Labute approximate surface area is 179 Å². The van der Waals surface area contributed by atoms with Gasteiger partial charge in [-0.1, -0.05) is 23.2 Å². The molecule has 0 unspecified atom stereocenters. The van der Waals surface area contributed by atoms with E-state index >= 15 is 0 Å². The van der Waals surface area contributed by atoms with Gasteiger partial charge >= 0.3 is 12.4 Å².